The van der Waals surface area contributed by atoms with Crippen LogP contribution in [0, 0.1) is 5.41 Å². The van der Waals surface area contributed by atoms with E-state index in [0.717, 1.165) is 42.0 Å². The van der Waals surface area contributed by atoms with Crippen molar-refractivity contribution in [1.29, 1.82) is 0 Å². The van der Waals surface area contributed by atoms with E-state index in [1.165, 1.54) is 0 Å². The number of nitrogens with zero attached hydrogens (tertiary/aromatic N) is 3. The fraction of sp³-hybridized carbons (Fsp3) is 0.471. The molecule has 0 aromatic carbocycles. The van der Waals surface area contributed by atoms with E-state index in [1.807, 2.05) is 22.9 Å². The Bertz CT molecular complexity index is 671. The van der Waals surface area contributed by atoms with Crippen LogP contribution in [0.15, 0.2) is 24.4 Å². The molecule has 0 spiro atoms. The van der Waals surface area contributed by atoms with Gasteiger partial charge in [0.1, 0.15) is 0 Å². The van der Waals surface area contributed by atoms with Crippen molar-refractivity contribution < 1.29 is 4.79 Å². The number of pyridine rings is 1. The molecule has 110 valence electrons. The molecule has 3 rings (SSSR count). The monoisotopic (exact) mass is 283 g/mol. The summed E-state index contributed by atoms with van der Waals surface area (Å²) in [6.07, 6.45) is 5.06. The van der Waals surface area contributed by atoms with Crippen LogP contribution >= 0.6 is 0 Å². The van der Waals surface area contributed by atoms with E-state index in [9.17, 15) is 4.79 Å². The molecule has 2 aromatic heterocycles. The minimum absolute atomic E-state index is 0.0138. The lowest BCUT2D eigenvalue weighted by atomic mass is 9.75. The summed E-state index contributed by atoms with van der Waals surface area (Å²) in [6, 6.07) is 5.78. The Morgan fingerprint density at radius 1 is 1.29 bits per heavy atom. The molecule has 1 aliphatic carbocycles. The maximum atomic E-state index is 12.6. The van der Waals surface area contributed by atoms with Gasteiger partial charge < -0.3 is 0 Å². The summed E-state index contributed by atoms with van der Waals surface area (Å²) in [5.74, 6) is 1.02. The van der Waals surface area contributed by atoms with Crippen LogP contribution in [-0.2, 0) is 12.8 Å². The van der Waals surface area contributed by atoms with Gasteiger partial charge in [-0.25, -0.2) is 9.67 Å². The van der Waals surface area contributed by atoms with Crippen LogP contribution in [0.5, 0.6) is 0 Å². The molecule has 0 atom stereocenters. The second kappa shape index (κ2) is 5.10. The molecule has 0 radical (unpaired) electrons. The summed E-state index contributed by atoms with van der Waals surface area (Å²) in [6.45, 7) is 6.40. The lowest BCUT2D eigenvalue weighted by molar-refractivity contribution is 0.0910. The number of aromatic nitrogens is 3. The standard InChI is InChI=1S/C17H21N3O/c1-4-7-12-16-13(10-17(2,3)11-14(16)21)20(19-12)15-8-5-6-9-18-15/h5-6,8-9H,4,7,10-11H2,1-3H3. The highest BCUT2D eigenvalue weighted by Gasteiger charge is 2.36. The predicted molar refractivity (Wildman–Crippen MR) is 81.8 cm³/mol. The van der Waals surface area contributed by atoms with Gasteiger partial charge in [-0.15, -0.1) is 0 Å². The number of aryl methyl sites for hydroxylation is 1. The molecule has 0 saturated heterocycles. The highest BCUT2D eigenvalue weighted by Crippen LogP contribution is 2.37. The third kappa shape index (κ3) is 2.50. The molecular weight excluding hydrogens is 262 g/mol. The van der Waals surface area contributed by atoms with Crippen LogP contribution in [0.2, 0.25) is 0 Å². The van der Waals surface area contributed by atoms with Crippen molar-refractivity contribution >= 4 is 5.78 Å². The van der Waals surface area contributed by atoms with Gasteiger partial charge in [-0.05, 0) is 30.4 Å². The molecule has 0 bridgehead atoms. The quantitative estimate of drug-likeness (QED) is 0.867. The van der Waals surface area contributed by atoms with E-state index in [-0.39, 0.29) is 11.2 Å². The van der Waals surface area contributed by atoms with Crippen LogP contribution in [0.1, 0.15) is 55.4 Å². The third-order valence-corrected chi connectivity index (χ3v) is 3.97. The van der Waals surface area contributed by atoms with E-state index in [1.54, 1.807) is 6.20 Å². The van der Waals surface area contributed by atoms with Crippen LogP contribution in [0.25, 0.3) is 5.82 Å². The molecular formula is C17H21N3O. The van der Waals surface area contributed by atoms with Crippen molar-refractivity contribution in [1.82, 2.24) is 14.8 Å². The minimum Gasteiger partial charge on any atom is -0.294 e. The fourth-order valence-corrected chi connectivity index (χ4v) is 3.11. The first-order chi connectivity index (χ1) is 10.0. The predicted octanol–water partition coefficient (Wildman–Crippen LogP) is 3.37. The van der Waals surface area contributed by atoms with Gasteiger partial charge in [0.05, 0.1) is 17.0 Å². The summed E-state index contributed by atoms with van der Waals surface area (Å²) >= 11 is 0. The van der Waals surface area contributed by atoms with Crippen molar-refractivity contribution in [2.24, 2.45) is 5.41 Å². The Labute approximate surface area is 125 Å². The topological polar surface area (TPSA) is 47.8 Å². The zero-order valence-electron chi connectivity index (χ0n) is 12.9. The fourth-order valence-electron chi connectivity index (χ4n) is 3.11. The Balaban J connectivity index is 2.18. The van der Waals surface area contributed by atoms with Gasteiger partial charge in [0, 0.05) is 12.6 Å². The Morgan fingerprint density at radius 2 is 2.10 bits per heavy atom. The molecule has 1 aliphatic rings. The first-order valence-corrected chi connectivity index (χ1v) is 7.57. The van der Waals surface area contributed by atoms with Gasteiger partial charge in [-0.2, -0.15) is 5.10 Å². The molecule has 0 unspecified atom stereocenters. The SMILES string of the molecule is CCCc1nn(-c2ccccn2)c2c1C(=O)CC(C)(C)C2. The van der Waals surface area contributed by atoms with Crippen molar-refractivity contribution in [2.75, 3.05) is 0 Å². The summed E-state index contributed by atoms with van der Waals surface area (Å²) < 4.78 is 1.87. The zero-order chi connectivity index (χ0) is 15.0. The van der Waals surface area contributed by atoms with Crippen LogP contribution in [-0.4, -0.2) is 20.5 Å². The molecule has 0 aliphatic heterocycles. The first-order valence-electron chi connectivity index (χ1n) is 7.57. The smallest absolute Gasteiger partial charge is 0.167 e. The van der Waals surface area contributed by atoms with Crippen LogP contribution in [0.4, 0.5) is 0 Å². The van der Waals surface area contributed by atoms with Gasteiger partial charge in [-0.1, -0.05) is 33.3 Å². The second-order valence-corrected chi connectivity index (χ2v) is 6.56. The Morgan fingerprint density at radius 3 is 2.76 bits per heavy atom. The summed E-state index contributed by atoms with van der Waals surface area (Å²) in [5, 5.41) is 4.70. The molecule has 0 saturated carbocycles. The number of fused-ring (bicyclic) bond motifs is 1. The van der Waals surface area contributed by atoms with Crippen molar-refractivity contribution in [3.05, 3.63) is 41.3 Å². The van der Waals surface area contributed by atoms with Crippen molar-refractivity contribution in [2.45, 2.75) is 46.5 Å². The van der Waals surface area contributed by atoms with Crippen molar-refractivity contribution in [3.63, 3.8) is 0 Å². The van der Waals surface area contributed by atoms with E-state index in [0.29, 0.717) is 6.42 Å². The molecule has 4 heteroatoms. The minimum atomic E-state index is -0.0138. The summed E-state index contributed by atoms with van der Waals surface area (Å²) in [7, 11) is 0. The molecule has 2 heterocycles. The number of ketones is 1. The molecule has 2 aromatic rings. The van der Waals surface area contributed by atoms with Crippen LogP contribution < -0.4 is 0 Å². The summed E-state index contributed by atoms with van der Waals surface area (Å²) in [4.78, 5) is 17.0. The number of hydrogen-bond acceptors (Lipinski definition) is 3. The van der Waals surface area contributed by atoms with Gasteiger partial charge in [0.25, 0.3) is 0 Å². The number of Topliss-reactive ketones (excluding diaryl/α,β-unsaturated/α-hetero) is 1. The Kier molecular flexibility index (Phi) is 3.40. The van der Waals surface area contributed by atoms with Gasteiger partial charge >= 0.3 is 0 Å². The molecule has 21 heavy (non-hydrogen) atoms. The number of rotatable bonds is 3. The van der Waals surface area contributed by atoms with E-state index in [2.05, 4.69) is 25.8 Å². The third-order valence-electron chi connectivity index (χ3n) is 3.97. The average Bonchev–Trinajstić information content (AvgIpc) is 2.77. The number of hydrogen-bond donors (Lipinski definition) is 0. The number of carbonyl (C=O) groups excluding carboxylic acids is 1. The molecule has 0 N–H and O–H groups in total. The molecule has 0 fully saturated rings. The zero-order valence-corrected chi connectivity index (χ0v) is 12.9. The van der Waals surface area contributed by atoms with Gasteiger partial charge in [0.2, 0.25) is 0 Å². The molecule has 4 nitrogen and oxygen atoms in total. The second-order valence-electron chi connectivity index (χ2n) is 6.56. The largest absolute Gasteiger partial charge is 0.294 e. The first kappa shape index (κ1) is 14.0. The number of carbonyl (C=O) groups is 1. The van der Waals surface area contributed by atoms with Crippen LogP contribution in [0.3, 0.4) is 0 Å². The van der Waals surface area contributed by atoms with E-state index in [4.69, 9.17) is 5.10 Å². The highest BCUT2D eigenvalue weighted by atomic mass is 16.1. The van der Waals surface area contributed by atoms with E-state index < -0.39 is 0 Å². The average molecular weight is 283 g/mol. The highest BCUT2D eigenvalue weighted by molar-refractivity contribution is 6.00. The van der Waals surface area contributed by atoms with Gasteiger partial charge in [-0.3, -0.25) is 4.79 Å². The Hall–Kier alpha value is -1.97. The molecule has 0 amide bonds. The maximum Gasteiger partial charge on any atom is 0.167 e. The van der Waals surface area contributed by atoms with E-state index >= 15 is 0 Å². The van der Waals surface area contributed by atoms with Crippen molar-refractivity contribution in [3.8, 4) is 5.82 Å². The lowest BCUT2D eigenvalue weighted by Crippen LogP contribution is -2.28. The maximum absolute atomic E-state index is 12.6. The van der Waals surface area contributed by atoms with Gasteiger partial charge in [0.15, 0.2) is 11.6 Å². The lowest BCUT2D eigenvalue weighted by Gasteiger charge is -2.29. The summed E-state index contributed by atoms with van der Waals surface area (Å²) in [5.41, 5.74) is 2.79. The normalized spacial score (nSPS) is 16.8.